The Balaban J connectivity index is 1.68. The average molecular weight is 334 g/mol. The molecular weight excluding hydrogens is 318 g/mol. The van der Waals surface area contributed by atoms with Gasteiger partial charge in [0.1, 0.15) is 11.5 Å². The molecule has 1 amide bonds. The molecule has 2 saturated heterocycles. The van der Waals surface area contributed by atoms with Gasteiger partial charge in [-0.3, -0.25) is 9.59 Å². The molecule has 2 fully saturated rings. The first-order valence-corrected chi connectivity index (χ1v) is 8.04. The highest BCUT2D eigenvalue weighted by Crippen LogP contribution is 2.52. The van der Waals surface area contributed by atoms with Crippen LogP contribution in [0.15, 0.2) is 36.4 Å². The van der Waals surface area contributed by atoms with Crippen LogP contribution >= 0.6 is 11.6 Å². The van der Waals surface area contributed by atoms with Gasteiger partial charge in [0.05, 0.1) is 25.2 Å². The fourth-order valence-corrected chi connectivity index (χ4v) is 3.97. The summed E-state index contributed by atoms with van der Waals surface area (Å²) in [6, 6.07) is 7.08. The SMILES string of the molecule is CCOC(=O)[C@H]1[C@H]2C(=O)N(c3ccc(Cl)cc3)C[C@@]23C=C[C@H]1O3. The highest BCUT2D eigenvalue weighted by Gasteiger charge is 2.67. The molecule has 0 aliphatic carbocycles. The minimum atomic E-state index is -0.723. The number of amides is 1. The van der Waals surface area contributed by atoms with Crippen molar-refractivity contribution in [1.29, 1.82) is 0 Å². The fraction of sp³-hybridized carbons (Fsp3) is 0.412. The van der Waals surface area contributed by atoms with Gasteiger partial charge >= 0.3 is 5.97 Å². The molecule has 0 radical (unpaired) electrons. The van der Waals surface area contributed by atoms with Crippen LogP contribution in [0.25, 0.3) is 0 Å². The van der Waals surface area contributed by atoms with Gasteiger partial charge in [0.25, 0.3) is 0 Å². The zero-order chi connectivity index (χ0) is 16.2. The third kappa shape index (κ3) is 2.03. The van der Waals surface area contributed by atoms with Crippen LogP contribution in [-0.2, 0) is 19.1 Å². The Morgan fingerprint density at radius 2 is 2.17 bits per heavy atom. The first-order chi connectivity index (χ1) is 11.1. The number of carbonyl (C=O) groups is 2. The minimum Gasteiger partial charge on any atom is -0.466 e. The Morgan fingerprint density at radius 3 is 2.87 bits per heavy atom. The molecule has 0 N–H and O–H groups in total. The second kappa shape index (κ2) is 5.08. The predicted octanol–water partition coefficient (Wildman–Crippen LogP) is 2.19. The summed E-state index contributed by atoms with van der Waals surface area (Å²) >= 11 is 5.91. The number of fused-ring (bicyclic) bond motifs is 1. The molecule has 1 spiro atoms. The molecule has 3 heterocycles. The summed E-state index contributed by atoms with van der Waals surface area (Å²) in [6.07, 6.45) is 3.43. The van der Waals surface area contributed by atoms with Crippen LogP contribution in [0.2, 0.25) is 5.02 Å². The lowest BCUT2D eigenvalue weighted by Crippen LogP contribution is -2.40. The van der Waals surface area contributed by atoms with Gasteiger partial charge in [0.2, 0.25) is 5.91 Å². The number of esters is 1. The van der Waals surface area contributed by atoms with E-state index in [2.05, 4.69) is 0 Å². The van der Waals surface area contributed by atoms with Crippen LogP contribution in [0.4, 0.5) is 5.69 Å². The zero-order valence-electron chi connectivity index (χ0n) is 12.6. The van der Waals surface area contributed by atoms with Crippen molar-refractivity contribution in [3.8, 4) is 0 Å². The van der Waals surface area contributed by atoms with E-state index >= 15 is 0 Å². The number of hydrogen-bond acceptors (Lipinski definition) is 4. The van der Waals surface area contributed by atoms with Gasteiger partial charge < -0.3 is 14.4 Å². The number of benzene rings is 1. The number of carbonyl (C=O) groups excluding carboxylic acids is 2. The smallest absolute Gasteiger partial charge is 0.312 e. The molecule has 0 unspecified atom stereocenters. The molecule has 23 heavy (non-hydrogen) atoms. The fourth-order valence-electron chi connectivity index (χ4n) is 3.85. The monoisotopic (exact) mass is 333 g/mol. The van der Waals surface area contributed by atoms with Crippen LogP contribution in [0.3, 0.4) is 0 Å². The molecule has 120 valence electrons. The van der Waals surface area contributed by atoms with Crippen molar-refractivity contribution in [1.82, 2.24) is 0 Å². The third-order valence-electron chi connectivity index (χ3n) is 4.80. The van der Waals surface area contributed by atoms with E-state index < -0.39 is 17.4 Å². The van der Waals surface area contributed by atoms with Crippen LogP contribution in [-0.4, -0.2) is 36.7 Å². The van der Waals surface area contributed by atoms with E-state index in [0.29, 0.717) is 18.2 Å². The average Bonchev–Trinajstić information content (AvgIpc) is 3.17. The lowest BCUT2D eigenvalue weighted by atomic mass is 9.77. The zero-order valence-corrected chi connectivity index (χ0v) is 13.3. The standard InChI is InChI=1S/C17H16ClNO4/c1-2-22-16(21)13-12-7-8-17(23-12)9-19(15(20)14(13)17)11-5-3-10(18)4-6-11/h3-8,12-14H,2,9H2,1H3/t12-,13-,14+,17+/m1/s1. The molecule has 0 saturated carbocycles. The predicted molar refractivity (Wildman–Crippen MR) is 84.2 cm³/mol. The van der Waals surface area contributed by atoms with Gasteiger partial charge in [-0.1, -0.05) is 23.8 Å². The first kappa shape index (κ1) is 14.7. The molecule has 3 aliphatic rings. The van der Waals surface area contributed by atoms with Gasteiger partial charge in [-0.25, -0.2) is 0 Å². The van der Waals surface area contributed by atoms with E-state index in [9.17, 15) is 9.59 Å². The van der Waals surface area contributed by atoms with Crippen molar-refractivity contribution >= 4 is 29.2 Å². The molecule has 5 nitrogen and oxygen atoms in total. The molecule has 0 aromatic heterocycles. The van der Waals surface area contributed by atoms with E-state index in [-0.39, 0.29) is 18.0 Å². The van der Waals surface area contributed by atoms with E-state index in [1.807, 2.05) is 12.2 Å². The third-order valence-corrected chi connectivity index (χ3v) is 5.05. The van der Waals surface area contributed by atoms with Crippen LogP contribution in [0.5, 0.6) is 0 Å². The van der Waals surface area contributed by atoms with Crippen LogP contribution < -0.4 is 4.90 Å². The Kier molecular flexibility index (Phi) is 3.25. The molecule has 4 atom stereocenters. The number of nitrogens with zero attached hydrogens (tertiary/aromatic N) is 1. The number of hydrogen-bond donors (Lipinski definition) is 0. The second-order valence-corrected chi connectivity index (χ2v) is 6.49. The summed E-state index contributed by atoms with van der Waals surface area (Å²) in [7, 11) is 0. The van der Waals surface area contributed by atoms with Crippen molar-refractivity contribution in [2.45, 2.75) is 18.6 Å². The topological polar surface area (TPSA) is 55.8 Å². The summed E-state index contributed by atoms with van der Waals surface area (Å²) in [5, 5.41) is 0.611. The van der Waals surface area contributed by atoms with E-state index in [1.165, 1.54) is 0 Å². The van der Waals surface area contributed by atoms with Gasteiger partial charge in [-0.05, 0) is 31.2 Å². The number of halogens is 1. The normalized spacial score (nSPS) is 34.1. The van der Waals surface area contributed by atoms with E-state index in [4.69, 9.17) is 21.1 Å². The molecule has 6 heteroatoms. The Morgan fingerprint density at radius 1 is 1.43 bits per heavy atom. The Bertz CT molecular complexity index is 701. The van der Waals surface area contributed by atoms with Crippen molar-refractivity contribution in [2.75, 3.05) is 18.1 Å². The van der Waals surface area contributed by atoms with Crippen LogP contribution in [0.1, 0.15) is 6.92 Å². The molecule has 2 bridgehead atoms. The van der Waals surface area contributed by atoms with Gasteiger partial charge in [0.15, 0.2) is 0 Å². The summed E-state index contributed by atoms with van der Waals surface area (Å²) in [5.74, 6) is -1.55. The summed E-state index contributed by atoms with van der Waals surface area (Å²) in [5.41, 5.74) is 0.0324. The lowest BCUT2D eigenvalue weighted by Gasteiger charge is -2.22. The molecule has 4 rings (SSSR count). The van der Waals surface area contributed by atoms with Gasteiger partial charge in [-0.15, -0.1) is 0 Å². The van der Waals surface area contributed by atoms with Gasteiger partial charge in [0, 0.05) is 10.7 Å². The summed E-state index contributed by atoms with van der Waals surface area (Å²) < 4.78 is 11.2. The summed E-state index contributed by atoms with van der Waals surface area (Å²) in [4.78, 5) is 26.9. The maximum absolute atomic E-state index is 12.9. The number of anilines is 1. The van der Waals surface area contributed by atoms with Crippen molar-refractivity contribution in [2.24, 2.45) is 11.8 Å². The minimum absolute atomic E-state index is 0.0998. The maximum atomic E-state index is 12.9. The first-order valence-electron chi connectivity index (χ1n) is 7.66. The van der Waals surface area contributed by atoms with Crippen molar-refractivity contribution in [3.05, 3.63) is 41.4 Å². The van der Waals surface area contributed by atoms with Crippen molar-refractivity contribution in [3.63, 3.8) is 0 Å². The largest absolute Gasteiger partial charge is 0.466 e. The molecule has 1 aromatic carbocycles. The van der Waals surface area contributed by atoms with Crippen LogP contribution in [0, 0.1) is 11.8 Å². The lowest BCUT2D eigenvalue weighted by molar-refractivity contribution is -0.151. The number of ether oxygens (including phenoxy) is 2. The maximum Gasteiger partial charge on any atom is 0.312 e. The Labute approximate surface area is 138 Å². The quantitative estimate of drug-likeness (QED) is 0.628. The molecular formula is C17H16ClNO4. The highest BCUT2D eigenvalue weighted by molar-refractivity contribution is 6.30. The second-order valence-electron chi connectivity index (χ2n) is 6.05. The van der Waals surface area contributed by atoms with E-state index in [1.54, 1.807) is 36.1 Å². The van der Waals surface area contributed by atoms with Crippen molar-refractivity contribution < 1.29 is 19.1 Å². The van der Waals surface area contributed by atoms with Gasteiger partial charge in [-0.2, -0.15) is 0 Å². The molecule has 1 aromatic rings. The highest BCUT2D eigenvalue weighted by atomic mass is 35.5. The number of rotatable bonds is 3. The van der Waals surface area contributed by atoms with E-state index in [0.717, 1.165) is 5.69 Å². The molecule has 3 aliphatic heterocycles. The Hall–Kier alpha value is -1.85. The summed E-state index contributed by atoms with van der Waals surface area (Å²) in [6.45, 7) is 2.45.